The van der Waals surface area contributed by atoms with Gasteiger partial charge in [0.05, 0.1) is 24.7 Å². The number of urea groups is 1. The number of rotatable bonds is 5. The Kier molecular flexibility index (Phi) is 5.63. The number of carbonyl (C=O) groups excluding carboxylic acids is 2. The number of imide groups is 1. The Hall–Kier alpha value is -3.27. The zero-order valence-electron chi connectivity index (χ0n) is 18.7. The van der Waals surface area contributed by atoms with E-state index < -0.39 is 21.6 Å². The van der Waals surface area contributed by atoms with Gasteiger partial charge in [0, 0.05) is 13.1 Å². The van der Waals surface area contributed by atoms with E-state index in [4.69, 9.17) is 4.74 Å². The molecule has 3 aromatic rings. The molecule has 0 saturated carbocycles. The smallest absolute Gasteiger partial charge is 0.325 e. The van der Waals surface area contributed by atoms with Crippen molar-refractivity contribution in [2.75, 3.05) is 26.3 Å². The van der Waals surface area contributed by atoms with E-state index >= 15 is 0 Å². The van der Waals surface area contributed by atoms with Crippen molar-refractivity contribution in [2.24, 2.45) is 0 Å². The van der Waals surface area contributed by atoms with Gasteiger partial charge < -0.3 is 10.1 Å². The van der Waals surface area contributed by atoms with Crippen LogP contribution in [0, 0.1) is 0 Å². The maximum atomic E-state index is 13.4. The molecule has 1 atom stereocenters. The van der Waals surface area contributed by atoms with Gasteiger partial charge in [-0.15, -0.1) is 0 Å². The summed E-state index contributed by atoms with van der Waals surface area (Å²) in [6.07, 6.45) is 0. The minimum absolute atomic E-state index is 0.0275. The number of morpholine rings is 1. The first-order valence-electron chi connectivity index (χ1n) is 11.1. The SMILES string of the molecule is C[C@@]1(c2ccc3ccccc3c2)NC(=O)N(Cc2cccc(S(=O)(=O)N3CCOCC3)c2)C1=O. The fourth-order valence-electron chi connectivity index (χ4n) is 4.46. The van der Waals surface area contributed by atoms with E-state index in [1.54, 1.807) is 19.1 Å². The Bertz CT molecular complexity index is 1380. The van der Waals surface area contributed by atoms with Crippen molar-refractivity contribution in [2.45, 2.75) is 23.9 Å². The lowest BCUT2D eigenvalue weighted by Crippen LogP contribution is -2.41. The van der Waals surface area contributed by atoms with Crippen LogP contribution in [0.1, 0.15) is 18.1 Å². The second-order valence-electron chi connectivity index (χ2n) is 8.67. The van der Waals surface area contributed by atoms with E-state index in [1.807, 2.05) is 42.5 Å². The Labute approximate surface area is 198 Å². The first-order chi connectivity index (χ1) is 16.3. The summed E-state index contributed by atoms with van der Waals surface area (Å²) in [5, 5.41) is 4.84. The Morgan fingerprint density at radius 1 is 0.941 bits per heavy atom. The molecule has 1 N–H and O–H groups in total. The van der Waals surface area contributed by atoms with E-state index in [1.165, 1.54) is 16.4 Å². The Morgan fingerprint density at radius 3 is 2.44 bits per heavy atom. The van der Waals surface area contributed by atoms with Crippen LogP contribution in [0.2, 0.25) is 0 Å². The summed E-state index contributed by atoms with van der Waals surface area (Å²) < 4.78 is 32.7. The quantitative estimate of drug-likeness (QED) is 0.568. The van der Waals surface area contributed by atoms with Crippen molar-refractivity contribution >= 4 is 32.7 Å². The molecule has 0 bridgehead atoms. The summed E-state index contributed by atoms with van der Waals surface area (Å²) in [6, 6.07) is 19.4. The molecule has 0 radical (unpaired) electrons. The highest BCUT2D eigenvalue weighted by atomic mass is 32.2. The van der Waals surface area contributed by atoms with Crippen LogP contribution in [0.4, 0.5) is 4.79 Å². The molecule has 3 aromatic carbocycles. The van der Waals surface area contributed by atoms with E-state index in [-0.39, 0.29) is 17.3 Å². The van der Waals surface area contributed by atoms with Crippen molar-refractivity contribution in [1.82, 2.24) is 14.5 Å². The number of benzene rings is 3. The summed E-state index contributed by atoms with van der Waals surface area (Å²) in [6.45, 7) is 2.97. The highest BCUT2D eigenvalue weighted by Gasteiger charge is 2.49. The molecule has 0 spiro atoms. The fourth-order valence-corrected chi connectivity index (χ4v) is 5.94. The molecule has 34 heavy (non-hydrogen) atoms. The molecular weight excluding hydrogens is 454 g/mol. The second-order valence-corrected chi connectivity index (χ2v) is 10.6. The molecule has 2 aliphatic heterocycles. The molecule has 9 heteroatoms. The lowest BCUT2D eigenvalue weighted by Gasteiger charge is -2.26. The maximum absolute atomic E-state index is 13.4. The van der Waals surface area contributed by atoms with E-state index in [2.05, 4.69) is 5.32 Å². The Morgan fingerprint density at radius 2 is 1.68 bits per heavy atom. The normalized spacial score (nSPS) is 21.7. The summed E-state index contributed by atoms with van der Waals surface area (Å²) in [4.78, 5) is 27.5. The summed E-state index contributed by atoms with van der Waals surface area (Å²) in [5.74, 6) is -0.380. The lowest BCUT2D eigenvalue weighted by atomic mass is 9.90. The van der Waals surface area contributed by atoms with E-state index in [0.29, 0.717) is 37.4 Å². The van der Waals surface area contributed by atoms with Crippen LogP contribution in [0.3, 0.4) is 0 Å². The molecule has 8 nitrogen and oxygen atoms in total. The van der Waals surface area contributed by atoms with Gasteiger partial charge in [-0.25, -0.2) is 13.2 Å². The van der Waals surface area contributed by atoms with Crippen molar-refractivity contribution < 1.29 is 22.7 Å². The summed E-state index contributed by atoms with van der Waals surface area (Å²) >= 11 is 0. The average molecular weight is 480 g/mol. The number of fused-ring (bicyclic) bond motifs is 1. The molecule has 3 amide bonds. The number of hydrogen-bond acceptors (Lipinski definition) is 5. The predicted octanol–water partition coefficient (Wildman–Crippen LogP) is 2.83. The van der Waals surface area contributed by atoms with Crippen LogP contribution in [-0.2, 0) is 31.6 Å². The highest BCUT2D eigenvalue weighted by molar-refractivity contribution is 7.89. The van der Waals surface area contributed by atoms with Crippen LogP contribution < -0.4 is 5.32 Å². The minimum Gasteiger partial charge on any atom is -0.379 e. The first kappa shape index (κ1) is 22.5. The lowest BCUT2D eigenvalue weighted by molar-refractivity contribution is -0.131. The zero-order chi connectivity index (χ0) is 23.9. The van der Waals surface area contributed by atoms with Gasteiger partial charge in [-0.2, -0.15) is 4.31 Å². The predicted molar refractivity (Wildman–Crippen MR) is 126 cm³/mol. The zero-order valence-corrected chi connectivity index (χ0v) is 19.5. The number of nitrogens with zero attached hydrogens (tertiary/aromatic N) is 2. The van der Waals surface area contributed by atoms with E-state index in [0.717, 1.165) is 15.7 Å². The third-order valence-corrected chi connectivity index (χ3v) is 8.34. The van der Waals surface area contributed by atoms with Crippen LogP contribution in [-0.4, -0.2) is 55.9 Å². The maximum Gasteiger partial charge on any atom is 0.325 e. The molecular formula is C25H25N3O5S. The number of nitrogens with one attached hydrogen (secondary N) is 1. The third-order valence-electron chi connectivity index (χ3n) is 6.45. The summed E-state index contributed by atoms with van der Waals surface area (Å²) in [7, 11) is -3.68. The molecule has 2 fully saturated rings. The van der Waals surface area contributed by atoms with Crippen LogP contribution in [0.25, 0.3) is 10.8 Å². The molecule has 2 heterocycles. The number of hydrogen-bond donors (Lipinski definition) is 1. The molecule has 0 unspecified atom stereocenters. The molecule has 176 valence electrons. The van der Waals surface area contributed by atoms with Gasteiger partial charge in [-0.1, -0.05) is 48.5 Å². The molecule has 0 aromatic heterocycles. The van der Waals surface area contributed by atoms with Gasteiger partial charge in [0.25, 0.3) is 5.91 Å². The number of ether oxygens (including phenoxy) is 1. The van der Waals surface area contributed by atoms with Crippen LogP contribution >= 0.6 is 0 Å². The molecule has 2 saturated heterocycles. The van der Waals surface area contributed by atoms with Crippen LogP contribution in [0.5, 0.6) is 0 Å². The van der Waals surface area contributed by atoms with Crippen molar-refractivity contribution in [3.8, 4) is 0 Å². The second kappa shape index (κ2) is 8.50. The van der Waals surface area contributed by atoms with Gasteiger partial charge >= 0.3 is 6.03 Å². The standard InChI is InChI=1S/C25H25N3O5S/c1-25(21-10-9-19-6-2-3-7-20(19)16-21)23(29)28(24(30)26-25)17-18-5-4-8-22(15-18)34(31,32)27-11-13-33-14-12-27/h2-10,15-16H,11-14,17H2,1H3,(H,26,30)/t25-/m0/s1. The number of carbonyl (C=O) groups is 2. The Balaban J connectivity index is 1.40. The third kappa shape index (κ3) is 3.85. The summed E-state index contributed by atoms with van der Waals surface area (Å²) in [5.41, 5.74) is 0.0368. The number of sulfonamides is 1. The minimum atomic E-state index is -3.68. The van der Waals surface area contributed by atoms with Crippen molar-refractivity contribution in [1.29, 1.82) is 0 Å². The average Bonchev–Trinajstić information content (AvgIpc) is 3.08. The number of amides is 3. The van der Waals surface area contributed by atoms with Gasteiger partial charge in [0.1, 0.15) is 5.54 Å². The van der Waals surface area contributed by atoms with Gasteiger partial charge in [-0.05, 0) is 47.0 Å². The monoisotopic (exact) mass is 479 g/mol. The van der Waals surface area contributed by atoms with Crippen molar-refractivity contribution in [3.63, 3.8) is 0 Å². The molecule has 2 aliphatic rings. The first-order valence-corrected chi connectivity index (χ1v) is 12.5. The highest BCUT2D eigenvalue weighted by Crippen LogP contribution is 2.32. The largest absolute Gasteiger partial charge is 0.379 e. The van der Waals surface area contributed by atoms with Gasteiger partial charge in [0.2, 0.25) is 10.0 Å². The molecule has 5 rings (SSSR count). The van der Waals surface area contributed by atoms with E-state index in [9.17, 15) is 18.0 Å². The molecule has 0 aliphatic carbocycles. The van der Waals surface area contributed by atoms with Crippen LogP contribution in [0.15, 0.2) is 71.6 Å². The topological polar surface area (TPSA) is 96.0 Å². The van der Waals surface area contributed by atoms with Gasteiger partial charge in [-0.3, -0.25) is 9.69 Å². The van der Waals surface area contributed by atoms with Gasteiger partial charge in [0.15, 0.2) is 0 Å². The van der Waals surface area contributed by atoms with Crippen molar-refractivity contribution in [3.05, 3.63) is 77.9 Å². The fraction of sp³-hybridized carbons (Fsp3) is 0.280.